The fourth-order valence-electron chi connectivity index (χ4n) is 4.32. The van der Waals surface area contributed by atoms with Crippen LogP contribution in [-0.4, -0.2) is 54.0 Å². The number of ether oxygens (including phenoxy) is 3. The van der Waals surface area contributed by atoms with Crippen molar-refractivity contribution < 1.29 is 23.8 Å². The molecule has 9 heteroatoms. The van der Waals surface area contributed by atoms with Gasteiger partial charge in [0.05, 0.1) is 32.8 Å². The summed E-state index contributed by atoms with van der Waals surface area (Å²) in [6, 6.07) is 4.53. The van der Waals surface area contributed by atoms with E-state index in [2.05, 4.69) is 0 Å². The molecule has 2 aliphatic rings. The fraction of sp³-hybridized carbons (Fsp3) is 0.556. The van der Waals surface area contributed by atoms with Gasteiger partial charge in [0.1, 0.15) is 0 Å². The highest BCUT2D eigenvalue weighted by atomic mass is 35.5. The molecule has 1 heterocycles. The topological polar surface area (TPSA) is 65.1 Å². The number of halogens is 3. The molecule has 1 aromatic carbocycles. The number of methoxy groups -OCH3 is 3. The Bertz CT molecular complexity index is 771. The predicted molar refractivity (Wildman–Crippen MR) is 102 cm³/mol. The number of amides is 2. The minimum absolute atomic E-state index is 0.450. The molecule has 1 aliphatic heterocycles. The number of rotatable bonds is 3. The molecule has 3 rings (SSSR count). The smallest absolute Gasteiger partial charge is 0.416 e. The monoisotopic (exact) mass is 435 g/mol. The standard InChI is InChI=1S/C18H20Cl3NO5/c1-25-11-8-7-10(9-12(11)26-2)17-13(19)5-4-6-14(17)22(16(24)27-3)15(23)18(17,20)21/h7-9,13-14H,4-6H2,1-3H3/t13-,14+,17-/m0/s1. The molecule has 0 spiro atoms. The minimum atomic E-state index is -1.95. The van der Waals surface area contributed by atoms with E-state index in [0.717, 1.165) is 11.3 Å². The van der Waals surface area contributed by atoms with Crippen LogP contribution >= 0.6 is 34.8 Å². The second kappa shape index (κ2) is 7.22. The van der Waals surface area contributed by atoms with Gasteiger partial charge in [0.25, 0.3) is 5.91 Å². The summed E-state index contributed by atoms with van der Waals surface area (Å²) in [6.45, 7) is 0. The van der Waals surface area contributed by atoms with Crippen LogP contribution in [0, 0.1) is 0 Å². The number of hydrogen-bond acceptors (Lipinski definition) is 5. The summed E-state index contributed by atoms with van der Waals surface area (Å²) >= 11 is 20.1. The lowest BCUT2D eigenvalue weighted by atomic mass is 9.65. The summed E-state index contributed by atoms with van der Waals surface area (Å²) in [5.41, 5.74) is -0.615. The Labute approximate surface area is 172 Å². The summed E-state index contributed by atoms with van der Waals surface area (Å²) < 4.78 is 13.5. The maximum Gasteiger partial charge on any atom is 0.416 e. The van der Waals surface area contributed by atoms with E-state index in [9.17, 15) is 9.59 Å². The van der Waals surface area contributed by atoms with Gasteiger partial charge in [-0.25, -0.2) is 9.69 Å². The molecular weight excluding hydrogens is 417 g/mol. The average molecular weight is 437 g/mol. The van der Waals surface area contributed by atoms with E-state index < -0.39 is 33.2 Å². The van der Waals surface area contributed by atoms with Crippen molar-refractivity contribution in [1.29, 1.82) is 0 Å². The van der Waals surface area contributed by atoms with Gasteiger partial charge in [0.2, 0.25) is 4.33 Å². The van der Waals surface area contributed by atoms with Gasteiger partial charge in [-0.2, -0.15) is 0 Å². The minimum Gasteiger partial charge on any atom is -0.493 e. The second-order valence-electron chi connectivity index (χ2n) is 6.57. The Morgan fingerprint density at radius 1 is 1.15 bits per heavy atom. The molecule has 1 aliphatic carbocycles. The van der Waals surface area contributed by atoms with Crippen LogP contribution < -0.4 is 9.47 Å². The van der Waals surface area contributed by atoms with Crippen molar-refractivity contribution in [2.75, 3.05) is 21.3 Å². The lowest BCUT2D eigenvalue weighted by Gasteiger charge is -2.47. The maximum absolute atomic E-state index is 13.0. The molecular formula is C18H20Cl3NO5. The number of hydrogen-bond donors (Lipinski definition) is 0. The molecule has 0 unspecified atom stereocenters. The zero-order chi connectivity index (χ0) is 20.0. The molecule has 0 bridgehead atoms. The highest BCUT2D eigenvalue weighted by Crippen LogP contribution is 2.61. The highest BCUT2D eigenvalue weighted by Gasteiger charge is 2.73. The number of likely N-dealkylation sites (tertiary alicyclic amines) is 1. The van der Waals surface area contributed by atoms with Gasteiger partial charge >= 0.3 is 6.09 Å². The van der Waals surface area contributed by atoms with Crippen LogP contribution in [0.5, 0.6) is 11.5 Å². The Morgan fingerprint density at radius 3 is 2.41 bits per heavy atom. The van der Waals surface area contributed by atoms with E-state index in [4.69, 9.17) is 49.0 Å². The van der Waals surface area contributed by atoms with Crippen molar-refractivity contribution in [3.05, 3.63) is 23.8 Å². The van der Waals surface area contributed by atoms with Gasteiger partial charge in [0, 0.05) is 5.38 Å². The molecule has 1 saturated carbocycles. The first-order valence-corrected chi connectivity index (χ1v) is 9.62. The molecule has 0 aromatic heterocycles. The lowest BCUT2D eigenvalue weighted by molar-refractivity contribution is -0.127. The third kappa shape index (κ3) is 2.68. The molecule has 0 radical (unpaired) electrons. The van der Waals surface area contributed by atoms with Crippen LogP contribution in [0.3, 0.4) is 0 Å². The molecule has 0 N–H and O–H groups in total. The number of fused-ring (bicyclic) bond motifs is 1. The average Bonchev–Trinajstić information content (AvgIpc) is 2.85. The molecule has 2 amide bonds. The van der Waals surface area contributed by atoms with Gasteiger partial charge in [-0.1, -0.05) is 29.3 Å². The maximum atomic E-state index is 13.0. The second-order valence-corrected chi connectivity index (χ2v) is 8.43. The van der Waals surface area contributed by atoms with E-state index in [1.807, 2.05) is 0 Å². The van der Waals surface area contributed by atoms with Crippen LogP contribution in [0.25, 0.3) is 0 Å². The quantitative estimate of drug-likeness (QED) is 0.673. The van der Waals surface area contributed by atoms with Crippen LogP contribution in [0.1, 0.15) is 24.8 Å². The van der Waals surface area contributed by atoms with Gasteiger partial charge in [-0.05, 0) is 37.0 Å². The molecule has 6 nitrogen and oxygen atoms in total. The van der Waals surface area contributed by atoms with E-state index in [-0.39, 0.29) is 0 Å². The van der Waals surface area contributed by atoms with Crippen molar-refractivity contribution in [2.24, 2.45) is 0 Å². The first kappa shape index (κ1) is 20.4. The van der Waals surface area contributed by atoms with Crippen molar-refractivity contribution in [3.63, 3.8) is 0 Å². The summed E-state index contributed by atoms with van der Waals surface area (Å²) in [6.07, 6.45) is 1.03. The summed E-state index contributed by atoms with van der Waals surface area (Å²) in [4.78, 5) is 26.4. The number of carbonyl (C=O) groups excluding carboxylic acids is 2. The zero-order valence-corrected chi connectivity index (χ0v) is 17.4. The van der Waals surface area contributed by atoms with Gasteiger partial charge in [-0.15, -0.1) is 11.6 Å². The van der Waals surface area contributed by atoms with Crippen molar-refractivity contribution in [2.45, 2.75) is 40.4 Å². The first-order valence-electron chi connectivity index (χ1n) is 8.43. The summed E-state index contributed by atoms with van der Waals surface area (Å²) in [5.74, 6) is 0.232. The summed E-state index contributed by atoms with van der Waals surface area (Å²) in [5, 5.41) is -0.581. The van der Waals surface area contributed by atoms with E-state index in [0.29, 0.717) is 29.9 Å². The van der Waals surface area contributed by atoms with Gasteiger partial charge in [-0.3, -0.25) is 4.79 Å². The van der Waals surface area contributed by atoms with Crippen molar-refractivity contribution in [3.8, 4) is 11.5 Å². The zero-order valence-electron chi connectivity index (χ0n) is 15.1. The Morgan fingerprint density at radius 2 is 1.81 bits per heavy atom. The fourth-order valence-corrected chi connectivity index (χ4v) is 5.94. The number of alkyl halides is 3. The predicted octanol–water partition coefficient (Wildman–Crippen LogP) is 3.88. The van der Waals surface area contributed by atoms with Crippen LogP contribution in [0.4, 0.5) is 4.79 Å². The van der Waals surface area contributed by atoms with Crippen LogP contribution in [0.2, 0.25) is 0 Å². The third-order valence-corrected chi connectivity index (χ3v) is 7.02. The van der Waals surface area contributed by atoms with Gasteiger partial charge < -0.3 is 14.2 Å². The highest BCUT2D eigenvalue weighted by molar-refractivity contribution is 6.60. The van der Waals surface area contributed by atoms with Crippen LogP contribution in [0.15, 0.2) is 18.2 Å². The Hall–Kier alpha value is -1.37. The van der Waals surface area contributed by atoms with Crippen molar-refractivity contribution in [1.82, 2.24) is 4.90 Å². The Balaban J connectivity index is 2.27. The number of imide groups is 1. The number of benzene rings is 1. The van der Waals surface area contributed by atoms with Gasteiger partial charge in [0.15, 0.2) is 11.5 Å². The molecule has 27 heavy (non-hydrogen) atoms. The van der Waals surface area contributed by atoms with E-state index >= 15 is 0 Å². The summed E-state index contributed by atoms with van der Waals surface area (Å²) in [7, 11) is 4.23. The van der Waals surface area contributed by atoms with Crippen molar-refractivity contribution >= 4 is 46.8 Å². The van der Waals surface area contributed by atoms with E-state index in [1.165, 1.54) is 21.3 Å². The molecule has 148 valence electrons. The molecule has 3 atom stereocenters. The third-order valence-electron chi connectivity index (χ3n) is 5.51. The molecule has 1 saturated heterocycles. The van der Waals surface area contributed by atoms with E-state index in [1.54, 1.807) is 18.2 Å². The molecule has 2 fully saturated rings. The SMILES string of the molecule is COC(=O)N1C(=O)C(Cl)(Cl)[C@@]2(c3ccc(OC)c(OC)c3)[C@@H](Cl)CCC[C@@H]12. The number of carbonyl (C=O) groups is 2. The Kier molecular flexibility index (Phi) is 5.45. The number of nitrogens with zero attached hydrogens (tertiary/aromatic N) is 1. The lowest BCUT2D eigenvalue weighted by Crippen LogP contribution is -2.57. The normalized spacial score (nSPS) is 29.3. The first-order chi connectivity index (χ1) is 12.8. The largest absolute Gasteiger partial charge is 0.493 e. The molecule has 1 aromatic rings. The van der Waals surface area contributed by atoms with Crippen LogP contribution in [-0.2, 0) is 14.9 Å².